The number of rotatable bonds is 6. The zero-order valence-electron chi connectivity index (χ0n) is 12.1. The molecule has 0 saturated carbocycles. The van der Waals surface area contributed by atoms with Gasteiger partial charge in [-0.25, -0.2) is 0 Å². The summed E-state index contributed by atoms with van der Waals surface area (Å²) in [6, 6.07) is 10.0. The van der Waals surface area contributed by atoms with Crippen LogP contribution in [0.2, 0.25) is 0 Å². The highest BCUT2D eigenvalue weighted by atomic mass is 16.7. The van der Waals surface area contributed by atoms with Crippen LogP contribution in [-0.2, 0) is 20.8 Å². The van der Waals surface area contributed by atoms with Gasteiger partial charge in [0.1, 0.15) is 0 Å². The summed E-state index contributed by atoms with van der Waals surface area (Å²) >= 11 is 0. The summed E-state index contributed by atoms with van der Waals surface area (Å²) in [5, 5.41) is 1.77. The molecule has 0 spiro atoms. The van der Waals surface area contributed by atoms with Crippen molar-refractivity contribution in [2.75, 3.05) is 19.7 Å². The molecular formula is C16H23NO3. The zero-order chi connectivity index (χ0) is 14.2. The van der Waals surface area contributed by atoms with Crippen LogP contribution < -0.4 is 0 Å². The van der Waals surface area contributed by atoms with E-state index in [1.165, 1.54) is 5.56 Å². The number of piperidine rings is 1. The van der Waals surface area contributed by atoms with E-state index in [0.29, 0.717) is 12.5 Å². The van der Waals surface area contributed by atoms with Crippen LogP contribution in [0.15, 0.2) is 30.3 Å². The normalized spacial score (nSPS) is 17.1. The van der Waals surface area contributed by atoms with Gasteiger partial charge in [0.2, 0.25) is 0 Å². The third-order valence-corrected chi connectivity index (χ3v) is 3.49. The molecule has 0 aliphatic carbocycles. The average Bonchev–Trinajstić information content (AvgIpc) is 2.49. The molecule has 0 N–H and O–H groups in total. The molecular weight excluding hydrogens is 254 g/mol. The standard InChI is InChI=1S/C16H23NO3/c1-2-19-15-10-12-17(13-11-15)20-16(18)9-8-14-6-4-3-5-7-14/h3-7,15H,2,8-13H2,1H3. The molecule has 0 amide bonds. The molecule has 1 aliphatic heterocycles. The molecule has 4 heteroatoms. The summed E-state index contributed by atoms with van der Waals surface area (Å²) in [6.07, 6.45) is 3.34. The molecule has 1 fully saturated rings. The predicted octanol–water partition coefficient (Wildman–Crippen LogP) is 2.58. The lowest BCUT2D eigenvalue weighted by molar-refractivity contribution is -0.200. The fourth-order valence-corrected chi connectivity index (χ4v) is 2.41. The van der Waals surface area contributed by atoms with Crippen molar-refractivity contribution in [2.45, 2.75) is 38.7 Å². The van der Waals surface area contributed by atoms with E-state index >= 15 is 0 Å². The topological polar surface area (TPSA) is 38.8 Å². The molecule has 1 aliphatic rings. The van der Waals surface area contributed by atoms with Crippen molar-refractivity contribution in [2.24, 2.45) is 0 Å². The number of aryl methyl sites for hydroxylation is 1. The third-order valence-electron chi connectivity index (χ3n) is 3.49. The van der Waals surface area contributed by atoms with Gasteiger partial charge in [-0.3, -0.25) is 4.79 Å². The smallest absolute Gasteiger partial charge is 0.325 e. The molecule has 0 radical (unpaired) electrons. The van der Waals surface area contributed by atoms with Crippen LogP contribution in [0.3, 0.4) is 0 Å². The van der Waals surface area contributed by atoms with Crippen molar-refractivity contribution >= 4 is 5.97 Å². The second-order valence-corrected chi connectivity index (χ2v) is 5.03. The van der Waals surface area contributed by atoms with E-state index in [1.54, 1.807) is 5.06 Å². The molecule has 20 heavy (non-hydrogen) atoms. The maximum absolute atomic E-state index is 11.8. The van der Waals surface area contributed by atoms with Crippen LogP contribution in [0.1, 0.15) is 31.7 Å². The first-order chi connectivity index (χ1) is 9.78. The van der Waals surface area contributed by atoms with Gasteiger partial charge >= 0.3 is 5.97 Å². The van der Waals surface area contributed by atoms with E-state index in [2.05, 4.69) is 0 Å². The Labute approximate surface area is 120 Å². The molecule has 0 atom stereocenters. The fraction of sp³-hybridized carbons (Fsp3) is 0.562. The van der Waals surface area contributed by atoms with Gasteiger partial charge in [-0.1, -0.05) is 30.3 Å². The van der Waals surface area contributed by atoms with E-state index in [0.717, 1.165) is 39.0 Å². The van der Waals surface area contributed by atoms with Crippen LogP contribution >= 0.6 is 0 Å². The van der Waals surface area contributed by atoms with Crippen LogP contribution in [0.4, 0.5) is 0 Å². The first-order valence-corrected chi connectivity index (χ1v) is 7.39. The molecule has 2 rings (SSSR count). The lowest BCUT2D eigenvalue weighted by atomic mass is 10.1. The summed E-state index contributed by atoms with van der Waals surface area (Å²) < 4.78 is 5.57. The van der Waals surface area contributed by atoms with E-state index in [9.17, 15) is 4.79 Å². The number of nitrogens with zero attached hydrogens (tertiary/aromatic N) is 1. The number of hydrogen-bond donors (Lipinski definition) is 0. The lowest BCUT2D eigenvalue weighted by Crippen LogP contribution is -2.38. The van der Waals surface area contributed by atoms with Crippen LogP contribution in [0.5, 0.6) is 0 Å². The highest BCUT2D eigenvalue weighted by Gasteiger charge is 2.21. The van der Waals surface area contributed by atoms with Crippen LogP contribution in [0.25, 0.3) is 0 Å². The minimum absolute atomic E-state index is 0.149. The Balaban J connectivity index is 1.65. The monoisotopic (exact) mass is 277 g/mol. The van der Waals surface area contributed by atoms with Crippen molar-refractivity contribution in [1.82, 2.24) is 5.06 Å². The maximum atomic E-state index is 11.8. The minimum atomic E-state index is -0.149. The first-order valence-electron chi connectivity index (χ1n) is 7.39. The third kappa shape index (κ3) is 4.94. The van der Waals surface area contributed by atoms with Crippen LogP contribution in [0, 0.1) is 0 Å². The minimum Gasteiger partial charge on any atom is -0.378 e. The predicted molar refractivity (Wildman–Crippen MR) is 77.1 cm³/mol. The van der Waals surface area contributed by atoms with Gasteiger partial charge in [0.05, 0.1) is 12.5 Å². The molecule has 1 aromatic rings. The Morgan fingerprint density at radius 2 is 1.95 bits per heavy atom. The van der Waals surface area contributed by atoms with E-state index in [1.807, 2.05) is 37.3 Å². The Hall–Kier alpha value is -1.39. The summed E-state index contributed by atoms with van der Waals surface area (Å²) in [5.41, 5.74) is 1.17. The Kier molecular flexibility index (Phi) is 6.02. The number of benzene rings is 1. The van der Waals surface area contributed by atoms with Crippen molar-refractivity contribution in [3.05, 3.63) is 35.9 Å². The number of carbonyl (C=O) groups excluding carboxylic acids is 1. The summed E-state index contributed by atoms with van der Waals surface area (Å²) in [6.45, 7) is 4.29. The van der Waals surface area contributed by atoms with Crippen molar-refractivity contribution < 1.29 is 14.4 Å². The maximum Gasteiger partial charge on any atom is 0.325 e. The Morgan fingerprint density at radius 1 is 1.25 bits per heavy atom. The van der Waals surface area contributed by atoms with Crippen LogP contribution in [-0.4, -0.2) is 36.8 Å². The number of hydrogen-bond acceptors (Lipinski definition) is 4. The Morgan fingerprint density at radius 3 is 2.60 bits per heavy atom. The summed E-state index contributed by atoms with van der Waals surface area (Å²) in [4.78, 5) is 17.2. The molecule has 1 heterocycles. The number of carbonyl (C=O) groups is 1. The van der Waals surface area contributed by atoms with Crippen molar-refractivity contribution in [1.29, 1.82) is 0 Å². The fourth-order valence-electron chi connectivity index (χ4n) is 2.41. The quantitative estimate of drug-likeness (QED) is 0.801. The van der Waals surface area contributed by atoms with E-state index < -0.39 is 0 Å². The molecule has 110 valence electrons. The van der Waals surface area contributed by atoms with E-state index in [4.69, 9.17) is 9.57 Å². The highest BCUT2D eigenvalue weighted by Crippen LogP contribution is 2.14. The van der Waals surface area contributed by atoms with Crippen molar-refractivity contribution in [3.63, 3.8) is 0 Å². The molecule has 0 aromatic heterocycles. The summed E-state index contributed by atoms with van der Waals surface area (Å²) in [7, 11) is 0. The van der Waals surface area contributed by atoms with Gasteiger partial charge in [-0.15, -0.1) is 5.06 Å². The molecule has 4 nitrogen and oxygen atoms in total. The summed E-state index contributed by atoms with van der Waals surface area (Å²) in [5.74, 6) is -0.149. The van der Waals surface area contributed by atoms with Gasteiger partial charge in [0.25, 0.3) is 0 Å². The average molecular weight is 277 g/mol. The van der Waals surface area contributed by atoms with Gasteiger partial charge in [-0.05, 0) is 31.7 Å². The molecule has 0 bridgehead atoms. The molecule has 1 saturated heterocycles. The zero-order valence-corrected chi connectivity index (χ0v) is 12.1. The molecule has 1 aromatic carbocycles. The van der Waals surface area contributed by atoms with Gasteiger partial charge in [0, 0.05) is 19.7 Å². The second kappa shape index (κ2) is 8.02. The second-order valence-electron chi connectivity index (χ2n) is 5.03. The number of ether oxygens (including phenoxy) is 1. The Bertz CT molecular complexity index is 399. The van der Waals surface area contributed by atoms with Gasteiger partial charge in [0.15, 0.2) is 0 Å². The van der Waals surface area contributed by atoms with Gasteiger partial charge < -0.3 is 9.57 Å². The van der Waals surface area contributed by atoms with Gasteiger partial charge in [-0.2, -0.15) is 0 Å². The van der Waals surface area contributed by atoms with Crippen molar-refractivity contribution in [3.8, 4) is 0 Å². The SMILES string of the molecule is CCOC1CCN(OC(=O)CCc2ccccc2)CC1. The molecule has 0 unspecified atom stereocenters. The lowest BCUT2D eigenvalue weighted by Gasteiger charge is -2.30. The van der Waals surface area contributed by atoms with E-state index in [-0.39, 0.29) is 5.97 Å². The largest absolute Gasteiger partial charge is 0.378 e. The first kappa shape index (κ1) is 15.0. The number of hydroxylamine groups is 2. The highest BCUT2D eigenvalue weighted by molar-refractivity contribution is 5.69.